The number of rotatable bonds is 6. The van der Waals surface area contributed by atoms with E-state index in [-0.39, 0.29) is 11.9 Å². The quantitative estimate of drug-likeness (QED) is 0.564. The summed E-state index contributed by atoms with van der Waals surface area (Å²) < 4.78 is 2.29. The summed E-state index contributed by atoms with van der Waals surface area (Å²) in [6.07, 6.45) is 7.47. The van der Waals surface area contributed by atoms with E-state index >= 15 is 0 Å². The van der Waals surface area contributed by atoms with Crippen LogP contribution < -0.4 is 5.32 Å². The summed E-state index contributed by atoms with van der Waals surface area (Å²) in [4.78, 5) is 17.3. The Hall–Kier alpha value is -2.59. The summed E-state index contributed by atoms with van der Waals surface area (Å²) >= 11 is 5.94. The van der Waals surface area contributed by atoms with Crippen molar-refractivity contribution in [3.8, 4) is 11.3 Å². The van der Waals surface area contributed by atoms with Gasteiger partial charge in [0.2, 0.25) is 0 Å². The first-order valence-electron chi connectivity index (χ1n) is 10.8. The molecule has 4 nitrogen and oxygen atoms in total. The van der Waals surface area contributed by atoms with Crippen molar-refractivity contribution >= 4 is 17.5 Å². The van der Waals surface area contributed by atoms with Gasteiger partial charge in [-0.05, 0) is 61.3 Å². The maximum absolute atomic E-state index is 12.6. The molecule has 5 rings (SSSR count). The van der Waals surface area contributed by atoms with E-state index < -0.39 is 0 Å². The molecule has 0 radical (unpaired) electrons. The molecule has 0 saturated heterocycles. The molecule has 2 saturated carbocycles. The number of halogens is 1. The molecular formula is C25H26ClN3O. The lowest BCUT2D eigenvalue weighted by atomic mass is 9.99. The number of carbonyl (C=O) groups is 1. The second-order valence-corrected chi connectivity index (χ2v) is 9.03. The van der Waals surface area contributed by atoms with E-state index in [2.05, 4.69) is 40.1 Å². The molecule has 1 aromatic heterocycles. The zero-order valence-electron chi connectivity index (χ0n) is 17.0. The topological polar surface area (TPSA) is 46.9 Å². The molecule has 0 spiro atoms. The highest BCUT2D eigenvalue weighted by molar-refractivity contribution is 6.30. The van der Waals surface area contributed by atoms with Crippen LogP contribution in [-0.4, -0.2) is 21.5 Å². The minimum Gasteiger partial charge on any atom is -0.349 e. The van der Waals surface area contributed by atoms with Gasteiger partial charge in [-0.3, -0.25) is 4.79 Å². The van der Waals surface area contributed by atoms with Gasteiger partial charge >= 0.3 is 0 Å². The Labute approximate surface area is 182 Å². The van der Waals surface area contributed by atoms with Crippen LogP contribution in [0.3, 0.4) is 0 Å². The van der Waals surface area contributed by atoms with Crippen molar-refractivity contribution in [2.24, 2.45) is 17.8 Å². The van der Waals surface area contributed by atoms with Crippen LogP contribution in [0.1, 0.15) is 42.6 Å². The highest BCUT2D eigenvalue weighted by Crippen LogP contribution is 2.62. The van der Waals surface area contributed by atoms with E-state index in [0.717, 1.165) is 17.7 Å². The number of amides is 1. The van der Waals surface area contributed by atoms with Crippen molar-refractivity contribution in [2.45, 2.75) is 38.3 Å². The van der Waals surface area contributed by atoms with Crippen LogP contribution in [-0.2, 0) is 0 Å². The van der Waals surface area contributed by atoms with E-state index in [4.69, 9.17) is 11.6 Å². The van der Waals surface area contributed by atoms with Crippen LogP contribution in [0.2, 0.25) is 5.02 Å². The fraction of sp³-hybridized carbons (Fsp3) is 0.360. The first kappa shape index (κ1) is 19.4. The second kappa shape index (κ2) is 7.92. The third-order valence-corrected chi connectivity index (χ3v) is 7.16. The van der Waals surface area contributed by atoms with Gasteiger partial charge in [0, 0.05) is 34.4 Å². The van der Waals surface area contributed by atoms with Crippen LogP contribution in [0, 0.1) is 17.8 Å². The lowest BCUT2D eigenvalue weighted by Gasteiger charge is -2.22. The molecule has 1 heterocycles. The molecule has 1 N–H and O–H groups in total. The van der Waals surface area contributed by atoms with Crippen LogP contribution >= 0.6 is 11.6 Å². The number of fused-ring (bicyclic) bond motifs is 1. The smallest absolute Gasteiger partial charge is 0.251 e. The van der Waals surface area contributed by atoms with Crippen molar-refractivity contribution in [3.05, 3.63) is 77.7 Å². The first-order chi connectivity index (χ1) is 14.6. The van der Waals surface area contributed by atoms with Crippen molar-refractivity contribution in [3.63, 3.8) is 0 Å². The molecule has 0 bridgehead atoms. The van der Waals surface area contributed by atoms with Crippen LogP contribution in [0.15, 0.2) is 67.1 Å². The normalized spacial score (nSPS) is 25.5. The molecule has 5 heteroatoms. The Morgan fingerprint density at radius 2 is 1.83 bits per heavy atom. The number of aromatic nitrogens is 2. The third-order valence-electron chi connectivity index (χ3n) is 6.91. The zero-order chi connectivity index (χ0) is 20.7. The van der Waals surface area contributed by atoms with Gasteiger partial charge in [0.15, 0.2) is 0 Å². The van der Waals surface area contributed by atoms with E-state index in [9.17, 15) is 4.79 Å². The SMILES string of the molecule is CCC(NC(=O)c1ccc(Cl)cc1)C1[C@H]2CC(n3cnc(-c4ccccc4)c3)C[C@@H]12. The monoisotopic (exact) mass is 419 g/mol. The van der Waals surface area contributed by atoms with Gasteiger partial charge in [-0.1, -0.05) is 48.9 Å². The minimum atomic E-state index is 0.00199. The molecule has 5 atom stereocenters. The average Bonchev–Trinajstić information content (AvgIpc) is 3.15. The van der Waals surface area contributed by atoms with E-state index in [1.54, 1.807) is 24.3 Å². The summed E-state index contributed by atoms with van der Waals surface area (Å²) in [5, 5.41) is 3.92. The van der Waals surface area contributed by atoms with Crippen molar-refractivity contribution < 1.29 is 4.79 Å². The van der Waals surface area contributed by atoms with Gasteiger partial charge in [0.1, 0.15) is 0 Å². The van der Waals surface area contributed by atoms with Crippen molar-refractivity contribution in [2.75, 3.05) is 0 Å². The van der Waals surface area contributed by atoms with E-state index in [1.165, 1.54) is 12.8 Å². The fourth-order valence-electron chi connectivity index (χ4n) is 5.32. The lowest BCUT2D eigenvalue weighted by molar-refractivity contribution is 0.0927. The van der Waals surface area contributed by atoms with E-state index in [1.807, 2.05) is 24.5 Å². The molecule has 3 aromatic rings. The molecule has 2 aromatic carbocycles. The molecule has 0 aliphatic heterocycles. The average molecular weight is 420 g/mol. The Balaban J connectivity index is 1.20. The van der Waals surface area contributed by atoms with E-state index in [0.29, 0.717) is 34.4 Å². The maximum Gasteiger partial charge on any atom is 0.251 e. The van der Waals surface area contributed by atoms with Gasteiger partial charge in [-0.15, -0.1) is 0 Å². The lowest BCUT2D eigenvalue weighted by Crippen LogP contribution is -2.37. The number of imidazole rings is 1. The Bertz CT molecular complexity index is 1020. The number of nitrogens with one attached hydrogen (secondary N) is 1. The standard InChI is InChI=1S/C25H26ClN3O/c1-2-22(28-25(30)17-8-10-18(26)11-9-17)24-20-12-19(13-21(20)24)29-14-23(27-15-29)16-6-4-3-5-7-16/h3-11,14-15,19-22,24H,2,12-13H2,1H3,(H,28,30)/t19?,20-,21+,22?,24?. The molecule has 154 valence electrons. The third kappa shape index (κ3) is 3.65. The Morgan fingerprint density at radius 3 is 2.50 bits per heavy atom. The number of hydrogen-bond donors (Lipinski definition) is 1. The maximum atomic E-state index is 12.6. The molecule has 2 aliphatic rings. The Kier molecular flexibility index (Phi) is 5.11. The second-order valence-electron chi connectivity index (χ2n) is 8.60. The molecule has 1 amide bonds. The van der Waals surface area contributed by atoms with Gasteiger partial charge in [0.25, 0.3) is 5.91 Å². The van der Waals surface area contributed by atoms with Crippen LogP contribution in [0.25, 0.3) is 11.3 Å². The highest BCUT2D eigenvalue weighted by atomic mass is 35.5. The summed E-state index contributed by atoms with van der Waals surface area (Å²) in [5.74, 6) is 2.00. The van der Waals surface area contributed by atoms with Gasteiger partial charge in [-0.2, -0.15) is 0 Å². The summed E-state index contributed by atoms with van der Waals surface area (Å²) in [6, 6.07) is 18.2. The summed E-state index contributed by atoms with van der Waals surface area (Å²) in [6.45, 7) is 2.17. The fourth-order valence-corrected chi connectivity index (χ4v) is 5.45. The predicted molar refractivity (Wildman–Crippen MR) is 119 cm³/mol. The highest BCUT2D eigenvalue weighted by Gasteiger charge is 2.58. The van der Waals surface area contributed by atoms with Crippen LogP contribution in [0.5, 0.6) is 0 Å². The number of benzene rings is 2. The number of carbonyl (C=O) groups excluding carboxylic acids is 1. The zero-order valence-corrected chi connectivity index (χ0v) is 17.8. The summed E-state index contributed by atoms with van der Waals surface area (Å²) in [5.41, 5.74) is 2.87. The predicted octanol–water partition coefficient (Wildman–Crippen LogP) is 5.61. The molecular weight excluding hydrogens is 394 g/mol. The van der Waals surface area contributed by atoms with Gasteiger partial charge < -0.3 is 9.88 Å². The minimum absolute atomic E-state index is 0.00199. The molecule has 30 heavy (non-hydrogen) atoms. The molecule has 2 aliphatic carbocycles. The van der Waals surface area contributed by atoms with Gasteiger partial charge in [0.05, 0.1) is 12.0 Å². The summed E-state index contributed by atoms with van der Waals surface area (Å²) in [7, 11) is 0. The number of hydrogen-bond acceptors (Lipinski definition) is 2. The van der Waals surface area contributed by atoms with Crippen LogP contribution in [0.4, 0.5) is 0 Å². The van der Waals surface area contributed by atoms with Crippen molar-refractivity contribution in [1.29, 1.82) is 0 Å². The first-order valence-corrected chi connectivity index (χ1v) is 11.2. The molecule has 2 fully saturated rings. The number of nitrogens with zero attached hydrogens (tertiary/aromatic N) is 2. The molecule has 3 unspecified atom stereocenters. The van der Waals surface area contributed by atoms with Gasteiger partial charge in [-0.25, -0.2) is 4.98 Å². The van der Waals surface area contributed by atoms with Crippen molar-refractivity contribution in [1.82, 2.24) is 14.9 Å². The largest absolute Gasteiger partial charge is 0.349 e. The Morgan fingerprint density at radius 1 is 1.13 bits per heavy atom.